The zero-order valence-corrected chi connectivity index (χ0v) is 17.9. The number of benzene rings is 1. The molecule has 1 aliphatic heterocycles. The molecule has 2 atom stereocenters. The van der Waals surface area contributed by atoms with E-state index in [1.807, 2.05) is 38.2 Å². The van der Waals surface area contributed by atoms with Crippen LogP contribution in [0.5, 0.6) is 11.5 Å². The Kier molecular flexibility index (Phi) is 9.96. The minimum Gasteiger partial charge on any atom is -0.493 e. The number of ether oxygens (including phenoxy) is 3. The summed E-state index contributed by atoms with van der Waals surface area (Å²) in [5.41, 5.74) is 0. The van der Waals surface area contributed by atoms with Crippen LogP contribution in [0, 0.1) is 5.92 Å². The summed E-state index contributed by atoms with van der Waals surface area (Å²) in [6.45, 7) is 5.51. The number of likely N-dealkylation sites (tertiary alicyclic amines) is 1. The van der Waals surface area contributed by atoms with Gasteiger partial charge in [-0.2, -0.15) is 0 Å². The van der Waals surface area contributed by atoms with Crippen molar-refractivity contribution in [2.75, 3.05) is 47.5 Å². The molecule has 1 N–H and O–H groups in total. The smallest absolute Gasteiger partial charge is 0.193 e. The molecule has 6 nitrogen and oxygen atoms in total. The first kappa shape index (κ1) is 21.8. The monoisotopic (exact) mass is 463 g/mol. The number of nitrogens with one attached hydrogen (secondary N) is 1. The van der Waals surface area contributed by atoms with E-state index in [9.17, 15) is 0 Å². The van der Waals surface area contributed by atoms with E-state index in [0.717, 1.165) is 43.6 Å². The maximum atomic E-state index is 5.97. The highest BCUT2D eigenvalue weighted by Gasteiger charge is 2.24. The second-order valence-corrected chi connectivity index (χ2v) is 6.06. The van der Waals surface area contributed by atoms with Gasteiger partial charge in [-0.25, -0.2) is 0 Å². The van der Waals surface area contributed by atoms with Gasteiger partial charge in [0.25, 0.3) is 0 Å². The summed E-state index contributed by atoms with van der Waals surface area (Å²) in [6.07, 6.45) is 1.14. The van der Waals surface area contributed by atoms with Gasteiger partial charge in [-0.3, -0.25) is 4.99 Å². The molecule has 0 amide bonds. The Bertz CT molecular complexity index is 542. The zero-order valence-electron chi connectivity index (χ0n) is 15.5. The second-order valence-electron chi connectivity index (χ2n) is 6.06. The normalized spacial score (nSPS) is 18.5. The molecule has 1 aliphatic rings. The molecule has 1 fully saturated rings. The summed E-state index contributed by atoms with van der Waals surface area (Å²) in [6, 6.07) is 7.69. The van der Waals surface area contributed by atoms with Crippen LogP contribution in [0.4, 0.5) is 0 Å². The number of halogens is 1. The molecule has 2 rings (SSSR count). The van der Waals surface area contributed by atoms with E-state index < -0.39 is 0 Å². The first-order chi connectivity index (χ1) is 11.7. The van der Waals surface area contributed by atoms with E-state index in [0.29, 0.717) is 12.5 Å². The van der Waals surface area contributed by atoms with Crippen LogP contribution in [-0.2, 0) is 4.74 Å². The molecule has 1 aromatic rings. The van der Waals surface area contributed by atoms with Crippen LogP contribution < -0.4 is 14.8 Å². The van der Waals surface area contributed by atoms with Gasteiger partial charge < -0.3 is 24.4 Å². The Morgan fingerprint density at radius 1 is 1.32 bits per heavy atom. The van der Waals surface area contributed by atoms with Gasteiger partial charge in [0.1, 0.15) is 6.10 Å². The molecular formula is C18H30IN3O3. The minimum absolute atomic E-state index is 0. The lowest BCUT2D eigenvalue weighted by molar-refractivity contribution is 0.157. The van der Waals surface area contributed by atoms with Crippen molar-refractivity contribution in [1.29, 1.82) is 0 Å². The number of hydrogen-bond acceptors (Lipinski definition) is 4. The van der Waals surface area contributed by atoms with Crippen LogP contribution in [0.15, 0.2) is 29.3 Å². The predicted molar refractivity (Wildman–Crippen MR) is 111 cm³/mol. The highest BCUT2D eigenvalue weighted by atomic mass is 127. The number of hydrogen-bond donors (Lipinski definition) is 1. The van der Waals surface area contributed by atoms with Crippen LogP contribution in [0.2, 0.25) is 0 Å². The lowest BCUT2D eigenvalue weighted by Crippen LogP contribution is -2.43. The number of nitrogens with zero attached hydrogens (tertiary/aromatic N) is 2. The van der Waals surface area contributed by atoms with Gasteiger partial charge in [0.15, 0.2) is 17.5 Å². The fourth-order valence-corrected chi connectivity index (χ4v) is 2.94. The molecule has 2 unspecified atom stereocenters. The van der Waals surface area contributed by atoms with Gasteiger partial charge in [0, 0.05) is 33.2 Å². The first-order valence-electron chi connectivity index (χ1n) is 8.42. The van der Waals surface area contributed by atoms with Crippen molar-refractivity contribution in [2.45, 2.75) is 19.4 Å². The SMILES string of the molecule is CN=C(NCC(C)Oc1ccccc1OC)N1CCC(COC)C1.I. The summed E-state index contributed by atoms with van der Waals surface area (Å²) < 4.78 is 16.5. The van der Waals surface area contributed by atoms with Crippen molar-refractivity contribution in [3.8, 4) is 11.5 Å². The van der Waals surface area contributed by atoms with Crippen LogP contribution in [0.25, 0.3) is 0 Å². The fourth-order valence-electron chi connectivity index (χ4n) is 2.94. The Balaban J connectivity index is 0.00000312. The van der Waals surface area contributed by atoms with Gasteiger partial charge in [0.05, 0.1) is 20.3 Å². The number of para-hydroxylation sites is 2. The molecule has 142 valence electrons. The third kappa shape index (κ3) is 6.54. The molecule has 1 heterocycles. The van der Waals surface area contributed by atoms with Crippen LogP contribution >= 0.6 is 24.0 Å². The zero-order chi connectivity index (χ0) is 17.4. The largest absolute Gasteiger partial charge is 0.493 e. The lowest BCUT2D eigenvalue weighted by Gasteiger charge is -2.24. The van der Waals surface area contributed by atoms with E-state index in [1.54, 1.807) is 14.2 Å². The first-order valence-corrected chi connectivity index (χ1v) is 8.42. The van der Waals surface area contributed by atoms with Crippen molar-refractivity contribution in [3.05, 3.63) is 24.3 Å². The molecule has 0 aromatic heterocycles. The van der Waals surface area contributed by atoms with E-state index in [4.69, 9.17) is 14.2 Å². The number of methoxy groups -OCH3 is 2. The number of guanidine groups is 1. The Morgan fingerprint density at radius 3 is 2.68 bits per heavy atom. The third-order valence-corrected chi connectivity index (χ3v) is 4.14. The minimum atomic E-state index is -0.00424. The van der Waals surface area contributed by atoms with Gasteiger partial charge in [-0.05, 0) is 25.5 Å². The van der Waals surface area contributed by atoms with Crippen LogP contribution in [0.1, 0.15) is 13.3 Å². The maximum Gasteiger partial charge on any atom is 0.193 e. The number of rotatable bonds is 7. The predicted octanol–water partition coefficient (Wildman–Crippen LogP) is 2.62. The van der Waals surface area contributed by atoms with Gasteiger partial charge in [-0.1, -0.05) is 12.1 Å². The summed E-state index contributed by atoms with van der Waals surface area (Å²) in [4.78, 5) is 6.67. The molecular weight excluding hydrogens is 433 g/mol. The summed E-state index contributed by atoms with van der Waals surface area (Å²) in [5, 5.41) is 3.40. The van der Waals surface area contributed by atoms with Crippen molar-refractivity contribution < 1.29 is 14.2 Å². The maximum absolute atomic E-state index is 5.97. The molecule has 25 heavy (non-hydrogen) atoms. The third-order valence-electron chi connectivity index (χ3n) is 4.14. The van der Waals surface area contributed by atoms with E-state index in [1.165, 1.54) is 0 Å². The molecule has 1 aromatic carbocycles. The molecule has 7 heteroatoms. The highest BCUT2D eigenvalue weighted by molar-refractivity contribution is 14.0. The van der Waals surface area contributed by atoms with Crippen molar-refractivity contribution in [1.82, 2.24) is 10.2 Å². The van der Waals surface area contributed by atoms with Gasteiger partial charge in [0.2, 0.25) is 0 Å². The van der Waals surface area contributed by atoms with E-state index in [-0.39, 0.29) is 30.1 Å². The molecule has 0 spiro atoms. The number of aliphatic imine (C=N–C) groups is 1. The lowest BCUT2D eigenvalue weighted by atomic mass is 10.1. The summed E-state index contributed by atoms with van der Waals surface area (Å²) >= 11 is 0. The van der Waals surface area contributed by atoms with E-state index in [2.05, 4.69) is 15.2 Å². The van der Waals surface area contributed by atoms with Crippen molar-refractivity contribution >= 4 is 29.9 Å². The van der Waals surface area contributed by atoms with Crippen LogP contribution in [-0.4, -0.2) is 64.5 Å². The second kappa shape index (κ2) is 11.4. The fraction of sp³-hybridized carbons (Fsp3) is 0.611. The average Bonchev–Trinajstić information content (AvgIpc) is 3.05. The summed E-state index contributed by atoms with van der Waals surface area (Å²) in [7, 11) is 5.22. The van der Waals surface area contributed by atoms with Gasteiger partial charge >= 0.3 is 0 Å². The van der Waals surface area contributed by atoms with E-state index >= 15 is 0 Å². The summed E-state index contributed by atoms with van der Waals surface area (Å²) in [5.74, 6) is 3.00. The quantitative estimate of drug-likeness (QED) is 0.383. The van der Waals surface area contributed by atoms with Crippen molar-refractivity contribution in [3.63, 3.8) is 0 Å². The molecule has 0 saturated carbocycles. The van der Waals surface area contributed by atoms with Crippen LogP contribution in [0.3, 0.4) is 0 Å². The Morgan fingerprint density at radius 2 is 2.04 bits per heavy atom. The molecule has 0 bridgehead atoms. The molecule has 1 saturated heterocycles. The standard InChI is InChI=1S/C18H29N3O3.HI/c1-14(24-17-8-6-5-7-16(17)23-4)11-20-18(19-2)21-10-9-15(12-21)13-22-3;/h5-8,14-15H,9-13H2,1-4H3,(H,19,20);1H. The molecule has 0 aliphatic carbocycles. The van der Waals surface area contributed by atoms with Crippen molar-refractivity contribution in [2.24, 2.45) is 10.9 Å². The topological polar surface area (TPSA) is 55.3 Å². The average molecular weight is 463 g/mol. The Hall–Kier alpha value is -1.22. The molecule has 0 radical (unpaired) electrons. The van der Waals surface area contributed by atoms with Gasteiger partial charge in [-0.15, -0.1) is 24.0 Å². The Labute approximate surface area is 167 Å². The highest BCUT2D eigenvalue weighted by Crippen LogP contribution is 2.26.